The standard InChI is InChI=1S/C13H11Cl2FN4/c1-19-6-8(5-17-19)7-20-12-3-10(16)9(15)2-11(12)18-13(20)4-14/h2-3,5-6H,4,7H2,1H3. The van der Waals surface area contributed by atoms with Gasteiger partial charge in [-0.05, 0) is 6.07 Å². The second kappa shape index (κ2) is 5.07. The average Bonchev–Trinajstić information content (AvgIpc) is 2.96. The van der Waals surface area contributed by atoms with Gasteiger partial charge in [0.25, 0.3) is 0 Å². The topological polar surface area (TPSA) is 35.6 Å². The molecular formula is C13H11Cl2FN4. The number of rotatable bonds is 3. The zero-order valence-electron chi connectivity index (χ0n) is 10.6. The molecule has 0 N–H and O–H groups in total. The Hall–Kier alpha value is -1.59. The average molecular weight is 313 g/mol. The summed E-state index contributed by atoms with van der Waals surface area (Å²) < 4.78 is 17.3. The summed E-state index contributed by atoms with van der Waals surface area (Å²) in [4.78, 5) is 4.39. The van der Waals surface area contributed by atoms with Crippen molar-refractivity contribution in [3.63, 3.8) is 0 Å². The van der Waals surface area contributed by atoms with E-state index < -0.39 is 5.82 Å². The van der Waals surface area contributed by atoms with Crippen molar-refractivity contribution in [2.75, 3.05) is 0 Å². The molecule has 0 spiro atoms. The SMILES string of the molecule is Cn1cc(Cn2c(CCl)nc3cc(Cl)c(F)cc32)cn1. The summed E-state index contributed by atoms with van der Waals surface area (Å²) in [5, 5.41) is 4.18. The van der Waals surface area contributed by atoms with Gasteiger partial charge in [-0.15, -0.1) is 11.6 Å². The van der Waals surface area contributed by atoms with Gasteiger partial charge in [-0.2, -0.15) is 5.10 Å². The fraction of sp³-hybridized carbons (Fsp3) is 0.231. The first-order valence-corrected chi connectivity index (χ1v) is 6.87. The number of fused-ring (bicyclic) bond motifs is 1. The van der Waals surface area contributed by atoms with Crippen molar-refractivity contribution in [3.05, 3.63) is 46.8 Å². The van der Waals surface area contributed by atoms with Gasteiger partial charge >= 0.3 is 0 Å². The van der Waals surface area contributed by atoms with Crippen LogP contribution in [0.5, 0.6) is 0 Å². The van der Waals surface area contributed by atoms with Gasteiger partial charge in [0, 0.05) is 24.9 Å². The summed E-state index contributed by atoms with van der Waals surface area (Å²) in [5.74, 6) is 0.452. The van der Waals surface area contributed by atoms with E-state index in [0.717, 1.165) is 5.56 Å². The molecule has 0 saturated carbocycles. The lowest BCUT2D eigenvalue weighted by Crippen LogP contribution is -2.03. The van der Waals surface area contributed by atoms with Crippen LogP contribution in [0.1, 0.15) is 11.4 Å². The van der Waals surface area contributed by atoms with Gasteiger partial charge in [-0.25, -0.2) is 9.37 Å². The molecule has 2 heterocycles. The van der Waals surface area contributed by atoms with Crippen LogP contribution in [-0.4, -0.2) is 19.3 Å². The summed E-state index contributed by atoms with van der Waals surface area (Å²) in [6.45, 7) is 0.535. The van der Waals surface area contributed by atoms with E-state index in [1.54, 1.807) is 10.9 Å². The Morgan fingerprint density at radius 1 is 1.35 bits per heavy atom. The van der Waals surface area contributed by atoms with E-state index >= 15 is 0 Å². The van der Waals surface area contributed by atoms with Crippen LogP contribution < -0.4 is 0 Å². The van der Waals surface area contributed by atoms with Crippen LogP contribution in [0.2, 0.25) is 5.02 Å². The molecule has 7 heteroatoms. The molecular weight excluding hydrogens is 302 g/mol. The number of hydrogen-bond donors (Lipinski definition) is 0. The molecule has 1 aromatic carbocycles. The quantitative estimate of drug-likeness (QED) is 0.695. The Bertz CT molecular complexity index is 778. The Kier molecular flexibility index (Phi) is 3.40. The summed E-state index contributed by atoms with van der Waals surface area (Å²) in [7, 11) is 1.84. The van der Waals surface area contributed by atoms with E-state index in [1.165, 1.54) is 12.1 Å². The van der Waals surface area contributed by atoms with Gasteiger partial charge in [0.05, 0.1) is 34.7 Å². The van der Waals surface area contributed by atoms with Crippen LogP contribution in [-0.2, 0) is 19.5 Å². The lowest BCUT2D eigenvalue weighted by atomic mass is 10.3. The number of benzene rings is 1. The molecule has 0 radical (unpaired) electrons. The molecule has 0 fully saturated rings. The van der Waals surface area contributed by atoms with Gasteiger partial charge in [-0.3, -0.25) is 4.68 Å². The Labute approximate surface area is 124 Å². The molecule has 2 aromatic heterocycles. The predicted octanol–water partition coefficient (Wildman–Crippen LogP) is 3.35. The van der Waals surface area contributed by atoms with Crippen molar-refractivity contribution in [3.8, 4) is 0 Å². The summed E-state index contributed by atoms with van der Waals surface area (Å²) >= 11 is 11.7. The highest BCUT2D eigenvalue weighted by Gasteiger charge is 2.14. The summed E-state index contributed by atoms with van der Waals surface area (Å²) in [5.41, 5.74) is 2.30. The van der Waals surface area contributed by atoms with Crippen molar-refractivity contribution >= 4 is 34.2 Å². The van der Waals surface area contributed by atoms with Crippen LogP contribution in [0.25, 0.3) is 11.0 Å². The van der Waals surface area contributed by atoms with Crippen molar-refractivity contribution in [2.24, 2.45) is 7.05 Å². The number of aryl methyl sites for hydroxylation is 1. The van der Waals surface area contributed by atoms with Crippen LogP contribution in [0.4, 0.5) is 4.39 Å². The van der Waals surface area contributed by atoms with E-state index in [-0.39, 0.29) is 10.9 Å². The van der Waals surface area contributed by atoms with Crippen LogP contribution in [0.3, 0.4) is 0 Å². The first-order chi connectivity index (χ1) is 9.58. The molecule has 0 atom stereocenters. The zero-order chi connectivity index (χ0) is 14.3. The molecule has 104 valence electrons. The highest BCUT2D eigenvalue weighted by atomic mass is 35.5. The number of aromatic nitrogens is 4. The predicted molar refractivity (Wildman–Crippen MR) is 76.6 cm³/mol. The van der Waals surface area contributed by atoms with Crippen molar-refractivity contribution in [1.29, 1.82) is 0 Å². The van der Waals surface area contributed by atoms with Gasteiger partial charge in [0.1, 0.15) is 11.6 Å². The van der Waals surface area contributed by atoms with Crippen LogP contribution in [0, 0.1) is 5.82 Å². The maximum atomic E-state index is 13.7. The third-order valence-corrected chi connectivity index (χ3v) is 3.62. The molecule has 0 saturated heterocycles. The van der Waals surface area contributed by atoms with Gasteiger partial charge in [0.2, 0.25) is 0 Å². The van der Waals surface area contributed by atoms with Crippen molar-refractivity contribution in [2.45, 2.75) is 12.4 Å². The number of hydrogen-bond acceptors (Lipinski definition) is 2. The second-order valence-electron chi connectivity index (χ2n) is 4.53. The maximum Gasteiger partial charge on any atom is 0.144 e. The zero-order valence-corrected chi connectivity index (χ0v) is 12.2. The lowest BCUT2D eigenvalue weighted by molar-refractivity contribution is 0.628. The highest BCUT2D eigenvalue weighted by Crippen LogP contribution is 2.25. The molecule has 3 rings (SSSR count). The number of halogens is 3. The van der Waals surface area contributed by atoms with E-state index in [1.807, 2.05) is 17.8 Å². The molecule has 3 aromatic rings. The molecule has 0 aliphatic heterocycles. The lowest BCUT2D eigenvalue weighted by Gasteiger charge is -2.06. The van der Waals surface area contributed by atoms with Crippen molar-refractivity contribution < 1.29 is 4.39 Å². The van der Waals surface area contributed by atoms with Gasteiger partial charge in [0.15, 0.2) is 0 Å². The third kappa shape index (κ3) is 2.27. The van der Waals surface area contributed by atoms with Crippen molar-refractivity contribution in [1.82, 2.24) is 19.3 Å². The fourth-order valence-electron chi connectivity index (χ4n) is 2.18. The molecule has 4 nitrogen and oxygen atoms in total. The number of nitrogens with zero attached hydrogens (tertiary/aromatic N) is 4. The Morgan fingerprint density at radius 2 is 2.15 bits per heavy atom. The van der Waals surface area contributed by atoms with E-state index in [4.69, 9.17) is 23.2 Å². The minimum atomic E-state index is -0.465. The third-order valence-electron chi connectivity index (χ3n) is 3.09. The molecule has 20 heavy (non-hydrogen) atoms. The first kappa shape index (κ1) is 13.4. The smallest absolute Gasteiger partial charge is 0.144 e. The van der Waals surface area contributed by atoms with Gasteiger partial charge < -0.3 is 4.57 Å². The minimum absolute atomic E-state index is 0.0599. The first-order valence-electron chi connectivity index (χ1n) is 5.96. The Balaban J connectivity index is 2.14. The highest BCUT2D eigenvalue weighted by molar-refractivity contribution is 6.31. The number of imidazole rings is 1. The monoisotopic (exact) mass is 312 g/mol. The molecule has 0 aliphatic carbocycles. The van der Waals surface area contributed by atoms with E-state index in [2.05, 4.69) is 10.1 Å². The second-order valence-corrected chi connectivity index (χ2v) is 5.20. The fourth-order valence-corrected chi connectivity index (χ4v) is 2.55. The molecule has 0 amide bonds. The molecule has 0 bridgehead atoms. The summed E-state index contributed by atoms with van der Waals surface area (Å²) in [6.07, 6.45) is 3.66. The molecule has 0 unspecified atom stereocenters. The van der Waals surface area contributed by atoms with E-state index in [9.17, 15) is 4.39 Å². The maximum absolute atomic E-state index is 13.7. The van der Waals surface area contributed by atoms with Gasteiger partial charge in [-0.1, -0.05) is 11.6 Å². The largest absolute Gasteiger partial charge is 0.322 e. The minimum Gasteiger partial charge on any atom is -0.322 e. The normalized spacial score (nSPS) is 11.4. The van der Waals surface area contributed by atoms with Crippen LogP contribution >= 0.6 is 23.2 Å². The van der Waals surface area contributed by atoms with E-state index in [0.29, 0.717) is 23.4 Å². The summed E-state index contributed by atoms with van der Waals surface area (Å²) in [6, 6.07) is 2.90. The Morgan fingerprint density at radius 3 is 2.80 bits per heavy atom. The number of alkyl halides is 1. The van der Waals surface area contributed by atoms with Crippen LogP contribution in [0.15, 0.2) is 24.5 Å². The molecule has 0 aliphatic rings.